The van der Waals surface area contributed by atoms with Crippen molar-refractivity contribution in [3.63, 3.8) is 0 Å². The molecule has 0 atom stereocenters. The summed E-state index contributed by atoms with van der Waals surface area (Å²) in [6.07, 6.45) is 2.55. The minimum atomic E-state index is -1.00. The summed E-state index contributed by atoms with van der Waals surface area (Å²) in [5, 5.41) is 18.5. The van der Waals surface area contributed by atoms with E-state index in [0.29, 0.717) is 5.56 Å². The van der Waals surface area contributed by atoms with Gasteiger partial charge in [0.05, 0.1) is 18.8 Å². The third kappa shape index (κ3) is 3.32. The topological polar surface area (TPSA) is 105 Å². The van der Waals surface area contributed by atoms with Crippen LogP contribution in [-0.2, 0) is 11.2 Å². The summed E-state index contributed by atoms with van der Waals surface area (Å²) in [7, 11) is 0. The van der Waals surface area contributed by atoms with Crippen molar-refractivity contribution in [1.29, 1.82) is 0 Å². The van der Waals surface area contributed by atoms with E-state index >= 15 is 0 Å². The summed E-state index contributed by atoms with van der Waals surface area (Å²) in [5.41, 5.74) is 0.703. The van der Waals surface area contributed by atoms with Crippen LogP contribution in [0.1, 0.15) is 15.9 Å². The molecule has 0 saturated carbocycles. The average molecular weight is 258 g/mol. The molecule has 1 aromatic carbocycles. The van der Waals surface area contributed by atoms with Crippen molar-refractivity contribution in [3.8, 4) is 0 Å². The first-order valence-electron chi connectivity index (χ1n) is 5.41. The number of nitrogens with one attached hydrogen (secondary N) is 1. The molecule has 0 radical (unpaired) electrons. The van der Waals surface area contributed by atoms with E-state index in [1.54, 1.807) is 24.3 Å². The number of aliphatic carboxylic acids is 1. The Labute approximate surface area is 108 Å². The normalized spacial score (nSPS) is 9.89. The van der Waals surface area contributed by atoms with Crippen molar-refractivity contribution < 1.29 is 14.7 Å². The first-order valence-corrected chi connectivity index (χ1v) is 5.41. The Morgan fingerprint density at radius 1 is 1.21 bits per heavy atom. The number of rotatable bonds is 4. The maximum Gasteiger partial charge on any atom is 0.307 e. The summed E-state index contributed by atoms with van der Waals surface area (Å²) in [5.74, 6) is -1.40. The molecule has 0 saturated heterocycles. The van der Waals surface area contributed by atoms with Crippen LogP contribution in [0.4, 0.5) is 5.95 Å². The van der Waals surface area contributed by atoms with Crippen LogP contribution in [0.25, 0.3) is 0 Å². The van der Waals surface area contributed by atoms with Gasteiger partial charge in [-0.05, 0) is 11.6 Å². The summed E-state index contributed by atoms with van der Waals surface area (Å²) < 4.78 is 0. The van der Waals surface area contributed by atoms with Gasteiger partial charge in [-0.1, -0.05) is 18.2 Å². The number of carboxylic acid groups (broad SMARTS) is 1. The molecule has 0 bridgehead atoms. The molecule has 0 fully saturated rings. The van der Waals surface area contributed by atoms with Crippen molar-refractivity contribution in [3.05, 3.63) is 47.8 Å². The van der Waals surface area contributed by atoms with Crippen LogP contribution in [0, 0.1) is 0 Å². The van der Waals surface area contributed by atoms with Gasteiger partial charge in [0.15, 0.2) is 0 Å². The van der Waals surface area contributed by atoms with Crippen LogP contribution < -0.4 is 5.32 Å². The number of hydrogen-bond donors (Lipinski definition) is 2. The molecule has 96 valence electrons. The number of benzene rings is 1. The number of carbonyl (C=O) groups is 2. The molecule has 0 aliphatic rings. The van der Waals surface area contributed by atoms with Gasteiger partial charge in [0.25, 0.3) is 5.91 Å². The Morgan fingerprint density at radius 2 is 2.00 bits per heavy atom. The van der Waals surface area contributed by atoms with Gasteiger partial charge in [-0.25, -0.2) is 4.98 Å². The molecule has 2 aromatic rings. The summed E-state index contributed by atoms with van der Waals surface area (Å²) in [4.78, 5) is 26.6. The van der Waals surface area contributed by atoms with Crippen LogP contribution in [0.3, 0.4) is 0 Å². The number of carboxylic acids is 1. The smallest absolute Gasteiger partial charge is 0.307 e. The van der Waals surface area contributed by atoms with Crippen molar-refractivity contribution in [2.24, 2.45) is 0 Å². The highest BCUT2D eigenvalue weighted by Gasteiger charge is 2.14. The zero-order chi connectivity index (χ0) is 13.7. The largest absolute Gasteiger partial charge is 0.481 e. The number of hydrogen-bond acceptors (Lipinski definition) is 5. The standard InChI is InChI=1S/C12H10N4O3/c17-10(18)7-8-3-1-2-4-9(8)11(19)15-12-13-5-6-14-16-12/h1-6H,7H2,(H,17,18)(H,13,15,16,19). The van der Waals surface area contributed by atoms with Gasteiger partial charge in [-0.3, -0.25) is 14.9 Å². The van der Waals surface area contributed by atoms with Gasteiger partial charge in [0.2, 0.25) is 5.95 Å². The highest BCUT2D eigenvalue weighted by Crippen LogP contribution is 2.11. The molecule has 1 heterocycles. The first-order chi connectivity index (χ1) is 9.16. The fraction of sp³-hybridized carbons (Fsp3) is 0.0833. The lowest BCUT2D eigenvalue weighted by Crippen LogP contribution is -2.17. The van der Waals surface area contributed by atoms with E-state index in [0.717, 1.165) is 0 Å². The van der Waals surface area contributed by atoms with Crippen molar-refractivity contribution >= 4 is 17.8 Å². The van der Waals surface area contributed by atoms with E-state index in [9.17, 15) is 9.59 Å². The molecule has 7 nitrogen and oxygen atoms in total. The van der Waals surface area contributed by atoms with Gasteiger partial charge in [-0.2, -0.15) is 5.10 Å². The van der Waals surface area contributed by atoms with E-state index in [-0.39, 0.29) is 17.9 Å². The number of nitrogens with zero attached hydrogens (tertiary/aromatic N) is 3. The van der Waals surface area contributed by atoms with Crippen LogP contribution in [0.5, 0.6) is 0 Å². The minimum Gasteiger partial charge on any atom is -0.481 e. The lowest BCUT2D eigenvalue weighted by Gasteiger charge is -2.07. The van der Waals surface area contributed by atoms with E-state index in [2.05, 4.69) is 20.5 Å². The van der Waals surface area contributed by atoms with Gasteiger partial charge in [0.1, 0.15) is 0 Å². The maximum atomic E-state index is 12.0. The number of carbonyl (C=O) groups excluding carboxylic acids is 1. The Bertz CT molecular complexity index is 601. The Morgan fingerprint density at radius 3 is 2.68 bits per heavy atom. The highest BCUT2D eigenvalue weighted by atomic mass is 16.4. The monoisotopic (exact) mass is 258 g/mol. The number of amides is 1. The average Bonchev–Trinajstić information content (AvgIpc) is 2.39. The third-order valence-corrected chi connectivity index (χ3v) is 2.31. The predicted octanol–water partition coefficient (Wildman–Crippen LogP) is 0.751. The second kappa shape index (κ2) is 5.67. The van der Waals surface area contributed by atoms with Gasteiger partial charge < -0.3 is 5.11 Å². The van der Waals surface area contributed by atoms with Gasteiger partial charge in [0, 0.05) is 5.56 Å². The van der Waals surface area contributed by atoms with E-state index in [1.807, 2.05) is 0 Å². The predicted molar refractivity (Wildman–Crippen MR) is 65.6 cm³/mol. The first kappa shape index (κ1) is 12.6. The Kier molecular flexibility index (Phi) is 3.77. The van der Waals surface area contributed by atoms with Crippen molar-refractivity contribution in [1.82, 2.24) is 15.2 Å². The molecule has 0 aliphatic carbocycles. The third-order valence-electron chi connectivity index (χ3n) is 2.31. The highest BCUT2D eigenvalue weighted by molar-refractivity contribution is 6.04. The van der Waals surface area contributed by atoms with Gasteiger partial charge >= 0.3 is 5.97 Å². The molecule has 0 unspecified atom stereocenters. The lowest BCUT2D eigenvalue weighted by atomic mass is 10.0. The molecular formula is C12H10N4O3. The zero-order valence-electron chi connectivity index (χ0n) is 9.78. The van der Waals surface area contributed by atoms with Crippen LogP contribution in [-0.4, -0.2) is 32.2 Å². The second-order valence-corrected chi connectivity index (χ2v) is 3.65. The Hall–Kier alpha value is -2.83. The fourth-order valence-corrected chi connectivity index (χ4v) is 1.53. The molecule has 1 amide bonds. The lowest BCUT2D eigenvalue weighted by molar-refractivity contribution is -0.136. The minimum absolute atomic E-state index is 0.0672. The second-order valence-electron chi connectivity index (χ2n) is 3.65. The molecule has 2 rings (SSSR count). The Balaban J connectivity index is 2.21. The SMILES string of the molecule is O=C(O)Cc1ccccc1C(=O)Nc1nccnn1. The van der Waals surface area contributed by atoms with Gasteiger partial charge in [-0.15, -0.1) is 5.10 Å². The fourth-order valence-electron chi connectivity index (χ4n) is 1.53. The maximum absolute atomic E-state index is 12.0. The molecule has 0 spiro atoms. The molecule has 1 aromatic heterocycles. The van der Waals surface area contributed by atoms with Crippen LogP contribution in [0.15, 0.2) is 36.7 Å². The molecule has 19 heavy (non-hydrogen) atoms. The van der Waals surface area contributed by atoms with E-state index < -0.39 is 11.9 Å². The summed E-state index contributed by atoms with van der Waals surface area (Å²) >= 11 is 0. The quantitative estimate of drug-likeness (QED) is 0.838. The number of anilines is 1. The van der Waals surface area contributed by atoms with E-state index in [1.165, 1.54) is 12.4 Å². The van der Waals surface area contributed by atoms with E-state index in [4.69, 9.17) is 5.11 Å². The van der Waals surface area contributed by atoms with Crippen LogP contribution in [0.2, 0.25) is 0 Å². The number of aromatic nitrogens is 3. The molecule has 7 heteroatoms. The molecule has 0 aliphatic heterocycles. The summed E-state index contributed by atoms with van der Waals surface area (Å²) in [6.45, 7) is 0. The van der Waals surface area contributed by atoms with Crippen LogP contribution >= 0.6 is 0 Å². The van der Waals surface area contributed by atoms with Crippen molar-refractivity contribution in [2.45, 2.75) is 6.42 Å². The summed E-state index contributed by atoms with van der Waals surface area (Å²) in [6, 6.07) is 6.47. The zero-order valence-corrected chi connectivity index (χ0v) is 9.78. The molecule has 2 N–H and O–H groups in total. The van der Waals surface area contributed by atoms with Crippen molar-refractivity contribution in [2.75, 3.05) is 5.32 Å². The molecular weight excluding hydrogens is 248 g/mol.